The van der Waals surface area contributed by atoms with Crippen molar-refractivity contribution in [2.24, 2.45) is 17.2 Å². The predicted molar refractivity (Wildman–Crippen MR) is 120 cm³/mol. The highest BCUT2D eigenvalue weighted by Crippen LogP contribution is 2.40. The maximum atomic E-state index is 12.0. The van der Waals surface area contributed by atoms with Crippen molar-refractivity contribution in [3.63, 3.8) is 0 Å². The second-order valence-electron chi connectivity index (χ2n) is 9.37. The van der Waals surface area contributed by atoms with E-state index < -0.39 is 5.97 Å². The Kier molecular flexibility index (Phi) is 6.85. The van der Waals surface area contributed by atoms with Crippen molar-refractivity contribution in [2.45, 2.75) is 58.9 Å². The van der Waals surface area contributed by atoms with Crippen LogP contribution in [0.25, 0.3) is 5.57 Å². The summed E-state index contributed by atoms with van der Waals surface area (Å²) in [5.41, 5.74) is 6.36. The summed E-state index contributed by atoms with van der Waals surface area (Å²) >= 11 is 1.31. The van der Waals surface area contributed by atoms with Crippen LogP contribution >= 0.6 is 11.3 Å². The maximum absolute atomic E-state index is 12.0. The van der Waals surface area contributed by atoms with Crippen LogP contribution in [0.2, 0.25) is 0 Å². The summed E-state index contributed by atoms with van der Waals surface area (Å²) < 4.78 is 0. The van der Waals surface area contributed by atoms with Crippen molar-refractivity contribution in [1.29, 1.82) is 0 Å². The van der Waals surface area contributed by atoms with Gasteiger partial charge in [0.05, 0.1) is 4.88 Å². The molecule has 0 spiro atoms. The molecule has 1 saturated carbocycles. The van der Waals surface area contributed by atoms with Gasteiger partial charge in [-0.1, -0.05) is 11.8 Å². The van der Waals surface area contributed by atoms with Crippen molar-refractivity contribution in [1.82, 2.24) is 10.3 Å². The number of hydrazine groups is 1. The molecule has 0 saturated heterocycles. The molecule has 0 amide bonds. The number of likely N-dealkylation sites (N-methyl/N-ethyl adjacent to an activating group) is 1. The van der Waals surface area contributed by atoms with Crippen LogP contribution in [0.1, 0.15) is 73.0 Å². The Bertz CT molecular complexity index is 846. The summed E-state index contributed by atoms with van der Waals surface area (Å²) in [5, 5.41) is 9.86. The molecular formula is C23H33N3O2S. The van der Waals surface area contributed by atoms with Crippen molar-refractivity contribution in [2.75, 3.05) is 20.1 Å². The first-order chi connectivity index (χ1) is 13.7. The van der Waals surface area contributed by atoms with Gasteiger partial charge in [0, 0.05) is 30.1 Å². The van der Waals surface area contributed by atoms with E-state index in [4.69, 9.17) is 5.84 Å². The molecule has 0 bridgehead atoms. The van der Waals surface area contributed by atoms with E-state index in [0.29, 0.717) is 16.8 Å². The minimum Gasteiger partial charge on any atom is -0.477 e. The Labute approximate surface area is 178 Å². The number of rotatable bonds is 4. The molecule has 1 aliphatic carbocycles. The lowest BCUT2D eigenvalue weighted by Gasteiger charge is -2.36. The molecule has 5 nitrogen and oxygen atoms in total. The summed E-state index contributed by atoms with van der Waals surface area (Å²) in [6, 6.07) is 2.41. The van der Waals surface area contributed by atoms with Crippen molar-refractivity contribution >= 4 is 22.9 Å². The molecule has 2 heterocycles. The zero-order valence-electron chi connectivity index (χ0n) is 18.0. The number of carboxylic acids is 1. The molecule has 1 fully saturated rings. The van der Waals surface area contributed by atoms with E-state index in [2.05, 4.69) is 50.0 Å². The van der Waals surface area contributed by atoms with Crippen molar-refractivity contribution in [3.05, 3.63) is 27.0 Å². The van der Waals surface area contributed by atoms with Crippen LogP contribution in [0.5, 0.6) is 0 Å². The zero-order valence-corrected chi connectivity index (χ0v) is 18.8. The maximum Gasteiger partial charge on any atom is 0.346 e. The van der Waals surface area contributed by atoms with Crippen LogP contribution in [0, 0.1) is 23.2 Å². The third-order valence-electron chi connectivity index (χ3n) is 5.84. The molecule has 29 heavy (non-hydrogen) atoms. The normalized spacial score (nSPS) is 23.6. The van der Waals surface area contributed by atoms with Crippen LogP contribution in [0.3, 0.4) is 0 Å². The summed E-state index contributed by atoms with van der Waals surface area (Å²) in [5.74, 6) is 11.7. The van der Waals surface area contributed by atoms with Gasteiger partial charge < -0.3 is 10.0 Å². The van der Waals surface area contributed by atoms with Crippen LogP contribution < -0.4 is 11.3 Å². The standard InChI is InChI=1S/C23H33N3O2S/c1-23(2,3)11-9-17-13-19(21(29-17)22(27)28)18-10-12-26(4)14-20(18)15-5-7-16(25-24)8-6-15/h13,15-16,25H,5-8,10,12,14,24H2,1-4H3,(H,27,28). The third kappa shape index (κ3) is 5.49. The number of carbonyl (C=O) groups is 1. The molecule has 6 heteroatoms. The second-order valence-corrected chi connectivity index (χ2v) is 10.4. The minimum atomic E-state index is -0.851. The topological polar surface area (TPSA) is 78.6 Å². The Morgan fingerprint density at radius 3 is 2.59 bits per heavy atom. The van der Waals surface area contributed by atoms with Crippen LogP contribution in [-0.2, 0) is 0 Å². The van der Waals surface area contributed by atoms with Gasteiger partial charge in [0.2, 0.25) is 0 Å². The average molecular weight is 416 g/mol. The number of hydrogen-bond acceptors (Lipinski definition) is 5. The molecule has 4 N–H and O–H groups in total. The monoisotopic (exact) mass is 415 g/mol. The van der Waals surface area contributed by atoms with Gasteiger partial charge in [0.1, 0.15) is 4.88 Å². The Hall–Kier alpha value is -1.65. The molecule has 0 atom stereocenters. The summed E-state index contributed by atoms with van der Waals surface area (Å²) in [6.07, 6.45) is 5.23. The number of thiophene rings is 1. The van der Waals surface area contributed by atoms with Gasteiger partial charge in [-0.3, -0.25) is 11.3 Å². The molecule has 1 aromatic heterocycles. The molecule has 1 aliphatic heterocycles. The van der Waals surface area contributed by atoms with E-state index in [9.17, 15) is 9.90 Å². The fourth-order valence-electron chi connectivity index (χ4n) is 4.30. The van der Waals surface area contributed by atoms with E-state index >= 15 is 0 Å². The van der Waals surface area contributed by atoms with Gasteiger partial charge in [-0.2, -0.15) is 0 Å². The molecule has 3 rings (SSSR count). The largest absolute Gasteiger partial charge is 0.477 e. The summed E-state index contributed by atoms with van der Waals surface area (Å²) in [6.45, 7) is 8.07. The van der Waals surface area contributed by atoms with Gasteiger partial charge in [-0.25, -0.2) is 4.79 Å². The van der Waals surface area contributed by atoms with Crippen LogP contribution in [0.4, 0.5) is 0 Å². The minimum absolute atomic E-state index is 0.110. The smallest absolute Gasteiger partial charge is 0.346 e. The molecule has 0 unspecified atom stereocenters. The highest BCUT2D eigenvalue weighted by atomic mass is 32.1. The third-order valence-corrected chi connectivity index (χ3v) is 6.88. The quantitative estimate of drug-likeness (QED) is 0.394. The lowest BCUT2D eigenvalue weighted by molar-refractivity contribution is 0.0702. The SMILES string of the molecule is CN1CCC(c2cc(C#CC(C)(C)C)sc2C(=O)O)=C(C2CCC(NN)CC2)C1. The van der Waals surface area contributed by atoms with E-state index in [-0.39, 0.29) is 5.41 Å². The molecule has 158 valence electrons. The first kappa shape index (κ1) is 22.0. The van der Waals surface area contributed by atoms with Crippen molar-refractivity contribution < 1.29 is 9.90 Å². The fraction of sp³-hybridized carbons (Fsp3) is 0.609. The Morgan fingerprint density at radius 2 is 2.00 bits per heavy atom. The first-order valence-electron chi connectivity index (χ1n) is 10.4. The van der Waals surface area contributed by atoms with Gasteiger partial charge in [0.25, 0.3) is 0 Å². The van der Waals surface area contributed by atoms with Gasteiger partial charge in [-0.15, -0.1) is 11.3 Å². The average Bonchev–Trinajstić information content (AvgIpc) is 3.10. The molecular weight excluding hydrogens is 382 g/mol. The Balaban J connectivity index is 2.01. The van der Waals surface area contributed by atoms with Crippen molar-refractivity contribution in [3.8, 4) is 11.8 Å². The molecule has 0 aromatic carbocycles. The molecule has 1 aromatic rings. The van der Waals surface area contributed by atoms with E-state index in [1.165, 1.54) is 22.5 Å². The number of aromatic carboxylic acids is 1. The molecule has 0 radical (unpaired) electrons. The van der Waals surface area contributed by atoms with Gasteiger partial charge in [0.15, 0.2) is 0 Å². The van der Waals surface area contributed by atoms with Crippen LogP contribution in [-0.4, -0.2) is 42.2 Å². The van der Waals surface area contributed by atoms with E-state index in [0.717, 1.165) is 55.6 Å². The number of carboxylic acid groups (broad SMARTS) is 1. The highest BCUT2D eigenvalue weighted by molar-refractivity contribution is 7.14. The molecule has 2 aliphatic rings. The number of hydrogen-bond donors (Lipinski definition) is 3. The fourth-order valence-corrected chi connectivity index (χ4v) is 5.18. The van der Waals surface area contributed by atoms with Crippen LogP contribution in [0.15, 0.2) is 11.6 Å². The number of nitrogens with zero attached hydrogens (tertiary/aromatic N) is 1. The lowest BCUT2D eigenvalue weighted by atomic mass is 9.77. The number of nitrogens with two attached hydrogens (primary N) is 1. The second kappa shape index (κ2) is 9.01. The zero-order chi connectivity index (χ0) is 21.2. The summed E-state index contributed by atoms with van der Waals surface area (Å²) in [4.78, 5) is 15.6. The predicted octanol–water partition coefficient (Wildman–Crippen LogP) is 3.96. The Morgan fingerprint density at radius 1 is 1.31 bits per heavy atom. The van der Waals surface area contributed by atoms with E-state index in [1.807, 2.05) is 6.07 Å². The van der Waals surface area contributed by atoms with Gasteiger partial charge >= 0.3 is 5.97 Å². The number of nitrogens with one attached hydrogen (secondary N) is 1. The van der Waals surface area contributed by atoms with E-state index in [1.54, 1.807) is 0 Å². The lowest BCUT2D eigenvalue weighted by Crippen LogP contribution is -2.39. The first-order valence-corrected chi connectivity index (χ1v) is 11.3. The van der Waals surface area contributed by atoms with Gasteiger partial charge in [-0.05, 0) is 83.1 Å². The highest BCUT2D eigenvalue weighted by Gasteiger charge is 2.30. The summed E-state index contributed by atoms with van der Waals surface area (Å²) in [7, 11) is 2.15.